The van der Waals surface area contributed by atoms with Crippen molar-refractivity contribution >= 4 is 15.9 Å². The fourth-order valence-electron chi connectivity index (χ4n) is 2.35. The number of hydrogen-bond donors (Lipinski definition) is 1. The van der Waals surface area contributed by atoms with Gasteiger partial charge in [0.1, 0.15) is 0 Å². The number of carbonyl (C=O) groups excluding carboxylic acids is 1. The predicted octanol–water partition coefficient (Wildman–Crippen LogP) is 1.08. The second-order valence-electron chi connectivity index (χ2n) is 5.16. The first kappa shape index (κ1) is 16.2. The van der Waals surface area contributed by atoms with Crippen LogP contribution in [0.5, 0.6) is 0 Å². The van der Waals surface area contributed by atoms with Crippen molar-refractivity contribution < 1.29 is 13.2 Å². The molecule has 1 aliphatic heterocycles. The van der Waals surface area contributed by atoms with Crippen molar-refractivity contribution in [2.45, 2.75) is 6.42 Å². The average molecular weight is 319 g/mol. The number of rotatable bonds is 5. The van der Waals surface area contributed by atoms with E-state index in [0.29, 0.717) is 30.8 Å². The van der Waals surface area contributed by atoms with Gasteiger partial charge in [-0.05, 0) is 36.6 Å². The summed E-state index contributed by atoms with van der Waals surface area (Å²) in [5, 5.41) is 9.63. The lowest BCUT2D eigenvalue weighted by molar-refractivity contribution is 0.0787. The molecule has 116 valence electrons. The van der Waals surface area contributed by atoms with E-state index in [-0.39, 0.29) is 11.8 Å². The zero-order valence-corrected chi connectivity index (χ0v) is 12.8. The Hall–Kier alpha value is -2.17. The fraction of sp³-hybridized carbons (Fsp3) is 0.333. The molecule has 1 heterocycles. The molecule has 1 aromatic rings. The largest absolute Gasteiger partial charge is 0.338 e. The van der Waals surface area contributed by atoms with Crippen molar-refractivity contribution in [2.24, 2.45) is 5.92 Å². The monoisotopic (exact) mass is 319 g/mol. The van der Waals surface area contributed by atoms with E-state index < -0.39 is 10.0 Å². The van der Waals surface area contributed by atoms with Crippen LogP contribution in [0.1, 0.15) is 22.3 Å². The Morgan fingerprint density at radius 3 is 2.73 bits per heavy atom. The van der Waals surface area contributed by atoms with Gasteiger partial charge in [0.25, 0.3) is 5.91 Å². The summed E-state index contributed by atoms with van der Waals surface area (Å²) in [6, 6.07) is 8.50. The smallest absolute Gasteiger partial charge is 0.253 e. The SMILES string of the molecule is C=CS(=O)(=O)NCC1CCN(C(=O)c2ccc(C#N)cc2)C1. The highest BCUT2D eigenvalue weighted by Crippen LogP contribution is 2.18. The number of nitriles is 1. The molecule has 1 fully saturated rings. The summed E-state index contributed by atoms with van der Waals surface area (Å²) in [6.07, 6.45) is 0.752. The number of nitrogens with zero attached hydrogens (tertiary/aromatic N) is 2. The molecule has 1 aliphatic rings. The minimum Gasteiger partial charge on any atom is -0.338 e. The van der Waals surface area contributed by atoms with E-state index in [0.717, 1.165) is 11.8 Å². The summed E-state index contributed by atoms with van der Waals surface area (Å²) >= 11 is 0. The maximum absolute atomic E-state index is 12.3. The number of amides is 1. The van der Waals surface area contributed by atoms with Gasteiger partial charge in [-0.2, -0.15) is 5.26 Å². The summed E-state index contributed by atoms with van der Waals surface area (Å²) in [7, 11) is -3.42. The standard InChI is InChI=1S/C15H17N3O3S/c1-2-22(20,21)17-10-13-7-8-18(11-13)15(19)14-5-3-12(9-16)4-6-14/h2-6,13,17H,1,7-8,10-11H2. The highest BCUT2D eigenvalue weighted by Gasteiger charge is 2.27. The van der Waals surface area contributed by atoms with Crippen LogP contribution in [0.25, 0.3) is 0 Å². The molecule has 1 aromatic carbocycles. The minimum absolute atomic E-state index is 0.0945. The van der Waals surface area contributed by atoms with E-state index in [9.17, 15) is 13.2 Å². The van der Waals surface area contributed by atoms with Crippen LogP contribution in [0, 0.1) is 17.2 Å². The molecular formula is C15H17N3O3S. The molecule has 0 saturated carbocycles. The molecule has 1 saturated heterocycles. The van der Waals surface area contributed by atoms with Gasteiger partial charge in [0, 0.05) is 30.6 Å². The maximum atomic E-state index is 12.3. The van der Waals surface area contributed by atoms with Crippen LogP contribution in [0.4, 0.5) is 0 Å². The molecule has 0 radical (unpaired) electrons. The average Bonchev–Trinajstić information content (AvgIpc) is 3.01. The highest BCUT2D eigenvalue weighted by molar-refractivity contribution is 7.92. The molecular weight excluding hydrogens is 302 g/mol. The van der Waals surface area contributed by atoms with Crippen molar-refractivity contribution in [1.29, 1.82) is 5.26 Å². The Morgan fingerprint density at radius 1 is 1.45 bits per heavy atom. The number of carbonyl (C=O) groups is 1. The van der Waals surface area contributed by atoms with E-state index in [4.69, 9.17) is 5.26 Å². The van der Waals surface area contributed by atoms with Crippen molar-refractivity contribution in [3.05, 3.63) is 47.4 Å². The van der Waals surface area contributed by atoms with E-state index in [1.165, 1.54) is 0 Å². The van der Waals surface area contributed by atoms with Gasteiger partial charge in [-0.3, -0.25) is 4.79 Å². The minimum atomic E-state index is -3.42. The summed E-state index contributed by atoms with van der Waals surface area (Å²) in [5.41, 5.74) is 1.04. The highest BCUT2D eigenvalue weighted by atomic mass is 32.2. The van der Waals surface area contributed by atoms with Crippen molar-refractivity contribution in [3.63, 3.8) is 0 Å². The third kappa shape index (κ3) is 3.93. The van der Waals surface area contributed by atoms with Gasteiger partial charge >= 0.3 is 0 Å². The molecule has 0 bridgehead atoms. The predicted molar refractivity (Wildman–Crippen MR) is 82.3 cm³/mol. The van der Waals surface area contributed by atoms with Gasteiger partial charge in [0.15, 0.2) is 0 Å². The Labute approximate surface area is 130 Å². The van der Waals surface area contributed by atoms with Crippen LogP contribution in [0.15, 0.2) is 36.3 Å². The van der Waals surface area contributed by atoms with E-state index in [1.807, 2.05) is 6.07 Å². The van der Waals surface area contributed by atoms with E-state index >= 15 is 0 Å². The second kappa shape index (κ2) is 6.73. The van der Waals surface area contributed by atoms with Gasteiger partial charge in [0.2, 0.25) is 10.0 Å². The lowest BCUT2D eigenvalue weighted by Crippen LogP contribution is -2.32. The van der Waals surface area contributed by atoms with Crippen LogP contribution in [0.2, 0.25) is 0 Å². The normalized spacial score (nSPS) is 18.0. The van der Waals surface area contributed by atoms with Crippen LogP contribution < -0.4 is 4.72 Å². The Kier molecular flexibility index (Phi) is 4.96. The van der Waals surface area contributed by atoms with Gasteiger partial charge in [0.05, 0.1) is 11.6 Å². The second-order valence-corrected chi connectivity index (χ2v) is 6.87. The number of nitrogens with one attached hydrogen (secondary N) is 1. The van der Waals surface area contributed by atoms with E-state index in [2.05, 4.69) is 11.3 Å². The molecule has 6 nitrogen and oxygen atoms in total. The number of benzene rings is 1. The molecule has 22 heavy (non-hydrogen) atoms. The lowest BCUT2D eigenvalue weighted by atomic mass is 10.1. The first-order valence-corrected chi connectivity index (χ1v) is 8.41. The molecule has 0 aromatic heterocycles. The van der Waals surface area contributed by atoms with Gasteiger partial charge in [-0.25, -0.2) is 13.1 Å². The van der Waals surface area contributed by atoms with E-state index in [1.54, 1.807) is 29.2 Å². The molecule has 2 rings (SSSR count). The van der Waals surface area contributed by atoms with Crippen molar-refractivity contribution in [3.8, 4) is 6.07 Å². The van der Waals surface area contributed by atoms with Gasteiger partial charge in [-0.15, -0.1) is 0 Å². The third-order valence-corrected chi connectivity index (χ3v) is 4.63. The van der Waals surface area contributed by atoms with Gasteiger partial charge < -0.3 is 4.90 Å². The zero-order chi connectivity index (χ0) is 16.2. The third-order valence-electron chi connectivity index (χ3n) is 3.63. The van der Waals surface area contributed by atoms with Crippen molar-refractivity contribution in [1.82, 2.24) is 9.62 Å². The van der Waals surface area contributed by atoms with Crippen molar-refractivity contribution in [2.75, 3.05) is 19.6 Å². The maximum Gasteiger partial charge on any atom is 0.253 e. The number of likely N-dealkylation sites (tertiary alicyclic amines) is 1. The summed E-state index contributed by atoms with van der Waals surface area (Å²) in [5.74, 6) is -0.00405. The number of sulfonamides is 1. The molecule has 1 N–H and O–H groups in total. The summed E-state index contributed by atoms with van der Waals surface area (Å²) in [6.45, 7) is 4.64. The Morgan fingerprint density at radius 2 is 2.14 bits per heavy atom. The quantitative estimate of drug-likeness (QED) is 0.879. The summed E-state index contributed by atoms with van der Waals surface area (Å²) < 4.78 is 25.1. The van der Waals surface area contributed by atoms with Crippen LogP contribution in [-0.2, 0) is 10.0 Å². The zero-order valence-electron chi connectivity index (χ0n) is 12.0. The van der Waals surface area contributed by atoms with Crippen LogP contribution >= 0.6 is 0 Å². The van der Waals surface area contributed by atoms with Gasteiger partial charge in [-0.1, -0.05) is 6.58 Å². The lowest BCUT2D eigenvalue weighted by Gasteiger charge is -2.16. The molecule has 0 spiro atoms. The fourth-order valence-corrected chi connectivity index (χ4v) is 2.93. The number of hydrogen-bond acceptors (Lipinski definition) is 4. The summed E-state index contributed by atoms with van der Waals surface area (Å²) in [4.78, 5) is 14.0. The van der Waals surface area contributed by atoms with Crippen LogP contribution in [0.3, 0.4) is 0 Å². The first-order valence-electron chi connectivity index (χ1n) is 6.86. The molecule has 7 heteroatoms. The molecule has 1 amide bonds. The first-order chi connectivity index (χ1) is 10.4. The Bertz CT molecular complexity index is 705. The molecule has 1 atom stereocenters. The molecule has 1 unspecified atom stereocenters. The Balaban J connectivity index is 1.93. The van der Waals surface area contributed by atoms with Crippen LogP contribution in [-0.4, -0.2) is 38.9 Å². The molecule has 0 aliphatic carbocycles. The topological polar surface area (TPSA) is 90.3 Å².